The first-order chi connectivity index (χ1) is 17.1. The van der Waals surface area contributed by atoms with Crippen molar-refractivity contribution in [3.63, 3.8) is 0 Å². The van der Waals surface area contributed by atoms with Crippen molar-refractivity contribution in [2.45, 2.75) is 23.4 Å². The van der Waals surface area contributed by atoms with Gasteiger partial charge in [0.15, 0.2) is 11.4 Å². The molecule has 1 fully saturated rings. The zero-order valence-electron chi connectivity index (χ0n) is 19.1. The molecule has 4 aromatic carbocycles. The summed E-state index contributed by atoms with van der Waals surface area (Å²) in [5, 5.41) is 12.5. The third-order valence-electron chi connectivity index (χ3n) is 8.03. The number of hydrogen-bond donors (Lipinski definition) is 1. The first kappa shape index (κ1) is 20.4. The summed E-state index contributed by atoms with van der Waals surface area (Å²) in [7, 11) is 0. The smallest absolute Gasteiger partial charge is 0.177 e. The Bertz CT molecular complexity index is 1490. The number of hydrogen-bond acceptors (Lipinski definition) is 2. The highest BCUT2D eigenvalue weighted by molar-refractivity contribution is 5.99. The minimum Gasteiger partial charge on any atom is -0.377 e. The molecule has 0 saturated heterocycles. The Morgan fingerprint density at radius 1 is 0.514 bits per heavy atom. The first-order valence-corrected chi connectivity index (χ1v) is 12.1. The highest BCUT2D eigenvalue weighted by Crippen LogP contribution is 2.60. The Morgan fingerprint density at radius 3 is 1.40 bits per heavy atom. The summed E-state index contributed by atoms with van der Waals surface area (Å²) in [5.41, 5.74) is 6.32. The maximum absolute atomic E-state index is 14.4. The lowest BCUT2D eigenvalue weighted by atomic mass is 9.73. The van der Waals surface area contributed by atoms with Crippen LogP contribution in [-0.4, -0.2) is 10.9 Å². The monoisotopic (exact) mass is 452 g/mol. The van der Waals surface area contributed by atoms with Gasteiger partial charge >= 0.3 is 0 Å². The SMILES string of the molecule is O=C1C2c3ccc(cc3)/C=C/c3ccc(cc3)C2C2c3ccc(cc3)/C=C/c3ccc(cc3)C12O. The van der Waals surface area contributed by atoms with Crippen molar-refractivity contribution >= 4 is 30.1 Å². The third-order valence-corrected chi connectivity index (χ3v) is 8.03. The van der Waals surface area contributed by atoms with E-state index in [1.807, 2.05) is 24.3 Å². The summed E-state index contributed by atoms with van der Waals surface area (Å²) in [4.78, 5) is 14.4. The predicted octanol–water partition coefficient (Wildman–Crippen LogP) is 6.78. The second kappa shape index (κ2) is 7.49. The van der Waals surface area contributed by atoms with Crippen LogP contribution in [0.3, 0.4) is 0 Å². The average molecular weight is 453 g/mol. The second-order valence-corrected chi connectivity index (χ2v) is 9.90. The van der Waals surface area contributed by atoms with Crippen LogP contribution in [-0.2, 0) is 10.4 Å². The molecule has 0 aliphatic heterocycles. The molecule has 0 amide bonds. The molecule has 9 aliphatic rings. The van der Waals surface area contributed by atoms with Gasteiger partial charge in [0.1, 0.15) is 0 Å². The zero-order chi connectivity index (χ0) is 23.6. The van der Waals surface area contributed by atoms with Crippen LogP contribution in [0.4, 0.5) is 0 Å². The van der Waals surface area contributed by atoms with Crippen molar-refractivity contribution in [3.05, 3.63) is 142 Å². The molecular formula is C33H24O2. The first-order valence-electron chi connectivity index (χ1n) is 12.1. The van der Waals surface area contributed by atoms with Gasteiger partial charge in [0.2, 0.25) is 0 Å². The molecule has 9 aliphatic carbocycles. The molecular weight excluding hydrogens is 428 g/mol. The number of carbonyl (C=O) groups excluding carboxylic acids is 1. The van der Waals surface area contributed by atoms with Gasteiger partial charge in [0.25, 0.3) is 0 Å². The number of rotatable bonds is 0. The standard InChI is InChI=1S/C33H24O2/c34-32-30-26-15-7-22(8-16-26)2-1-21-5-13-25(14-6-21)29(30)31-27-17-9-23(10-18-27)3-4-24-11-19-28(20-12-24)33(31,32)35/h1-20,29-31,35H/b2-1+,4-3+. The molecule has 0 radical (unpaired) electrons. The lowest BCUT2D eigenvalue weighted by molar-refractivity contribution is -0.136. The van der Waals surface area contributed by atoms with E-state index in [4.69, 9.17) is 0 Å². The molecule has 4 aromatic rings. The molecule has 4 atom stereocenters. The van der Waals surface area contributed by atoms with Crippen LogP contribution in [0.25, 0.3) is 24.3 Å². The van der Waals surface area contributed by atoms with Crippen LogP contribution in [0, 0.1) is 0 Å². The summed E-state index contributed by atoms with van der Waals surface area (Å²) in [6, 6.07) is 32.8. The van der Waals surface area contributed by atoms with E-state index in [2.05, 4.69) is 97.1 Å². The van der Waals surface area contributed by atoms with Gasteiger partial charge in [-0.2, -0.15) is 0 Å². The normalized spacial score (nSPS) is 27.3. The number of benzene rings is 4. The molecule has 13 rings (SSSR count). The quantitative estimate of drug-likeness (QED) is 0.319. The lowest BCUT2D eigenvalue weighted by Crippen LogP contribution is -2.37. The van der Waals surface area contributed by atoms with Gasteiger partial charge in [-0.05, 0) is 44.5 Å². The van der Waals surface area contributed by atoms with E-state index < -0.39 is 17.4 Å². The largest absolute Gasteiger partial charge is 0.377 e. The van der Waals surface area contributed by atoms with E-state index in [1.165, 1.54) is 0 Å². The molecule has 0 heterocycles. The minimum atomic E-state index is -1.64. The summed E-state index contributed by atoms with van der Waals surface area (Å²) in [5.74, 6) is -1.23. The van der Waals surface area contributed by atoms with E-state index >= 15 is 0 Å². The Labute approximate surface area is 204 Å². The van der Waals surface area contributed by atoms with Gasteiger partial charge in [-0.1, -0.05) is 121 Å². The summed E-state index contributed by atoms with van der Waals surface area (Å²) in [6.45, 7) is 0. The van der Waals surface area contributed by atoms with Gasteiger partial charge in [-0.25, -0.2) is 0 Å². The van der Waals surface area contributed by atoms with Crippen molar-refractivity contribution in [3.8, 4) is 0 Å². The van der Waals surface area contributed by atoms with Gasteiger partial charge < -0.3 is 5.11 Å². The summed E-state index contributed by atoms with van der Waals surface area (Å²) in [6.07, 6.45) is 8.35. The van der Waals surface area contributed by atoms with Gasteiger partial charge in [-0.3, -0.25) is 4.79 Å². The molecule has 1 saturated carbocycles. The van der Waals surface area contributed by atoms with Crippen LogP contribution in [0.15, 0.2) is 97.1 Å². The van der Waals surface area contributed by atoms with Crippen LogP contribution in [0.1, 0.15) is 62.3 Å². The van der Waals surface area contributed by atoms with Crippen molar-refractivity contribution in [2.24, 2.45) is 0 Å². The van der Waals surface area contributed by atoms with Gasteiger partial charge in [0, 0.05) is 11.8 Å². The minimum absolute atomic E-state index is 0.138. The Kier molecular flexibility index (Phi) is 4.36. The van der Waals surface area contributed by atoms with Gasteiger partial charge in [0.05, 0.1) is 5.92 Å². The van der Waals surface area contributed by atoms with Crippen molar-refractivity contribution < 1.29 is 9.90 Å². The number of Topliss-reactive ketones (excluding diaryl/α,β-unsaturated/α-hetero) is 1. The fraction of sp³-hybridized carbons (Fsp3) is 0.121. The fourth-order valence-corrected chi connectivity index (χ4v) is 6.21. The molecule has 168 valence electrons. The highest BCUT2D eigenvalue weighted by atomic mass is 16.3. The molecule has 2 heteroatoms. The Balaban J connectivity index is 1.55. The predicted molar refractivity (Wildman–Crippen MR) is 141 cm³/mol. The van der Waals surface area contributed by atoms with E-state index in [1.54, 1.807) is 0 Å². The molecule has 35 heavy (non-hydrogen) atoms. The molecule has 8 bridgehead atoms. The van der Waals surface area contributed by atoms with Crippen LogP contribution in [0.2, 0.25) is 0 Å². The third kappa shape index (κ3) is 3.03. The molecule has 0 spiro atoms. The maximum Gasteiger partial charge on any atom is 0.177 e. The number of carbonyl (C=O) groups is 1. The van der Waals surface area contributed by atoms with Gasteiger partial charge in [-0.15, -0.1) is 0 Å². The van der Waals surface area contributed by atoms with E-state index in [0.29, 0.717) is 5.56 Å². The topological polar surface area (TPSA) is 37.3 Å². The second-order valence-electron chi connectivity index (χ2n) is 9.90. The summed E-state index contributed by atoms with van der Waals surface area (Å²) < 4.78 is 0. The molecule has 1 N–H and O–H groups in total. The van der Waals surface area contributed by atoms with Crippen molar-refractivity contribution in [1.29, 1.82) is 0 Å². The Hall–Kier alpha value is -4.01. The highest BCUT2D eigenvalue weighted by Gasteiger charge is 2.61. The number of aliphatic hydroxyl groups is 1. The van der Waals surface area contributed by atoms with Crippen LogP contribution >= 0.6 is 0 Å². The van der Waals surface area contributed by atoms with Crippen LogP contribution in [0.5, 0.6) is 0 Å². The number of ketones is 1. The lowest BCUT2D eigenvalue weighted by Gasteiger charge is -2.33. The molecule has 0 aromatic heterocycles. The maximum atomic E-state index is 14.4. The average Bonchev–Trinajstić information content (AvgIpc) is 3.13. The van der Waals surface area contributed by atoms with Crippen molar-refractivity contribution in [2.75, 3.05) is 0 Å². The van der Waals surface area contributed by atoms with Crippen molar-refractivity contribution in [1.82, 2.24) is 0 Å². The van der Waals surface area contributed by atoms with E-state index in [-0.39, 0.29) is 11.7 Å². The fourth-order valence-electron chi connectivity index (χ4n) is 6.21. The Morgan fingerprint density at radius 2 is 0.914 bits per heavy atom. The zero-order valence-corrected chi connectivity index (χ0v) is 19.1. The van der Waals surface area contributed by atoms with E-state index in [9.17, 15) is 9.90 Å². The van der Waals surface area contributed by atoms with E-state index in [0.717, 1.165) is 38.9 Å². The molecule has 4 unspecified atom stereocenters. The molecule has 2 nitrogen and oxygen atoms in total. The summed E-state index contributed by atoms with van der Waals surface area (Å²) >= 11 is 0. The van der Waals surface area contributed by atoms with Crippen LogP contribution < -0.4 is 0 Å².